The van der Waals surface area contributed by atoms with Crippen LogP contribution >= 0.6 is 0 Å². The second-order valence-corrected chi connectivity index (χ2v) is 4.07. The maximum Gasteiger partial charge on any atom is 0.137 e. The van der Waals surface area contributed by atoms with Gasteiger partial charge in [-0.1, -0.05) is 18.2 Å². The Labute approximate surface area is 98.9 Å². The first-order valence-corrected chi connectivity index (χ1v) is 5.45. The summed E-state index contributed by atoms with van der Waals surface area (Å²) in [5.41, 5.74) is 9.45. The Kier molecular flexibility index (Phi) is 2.11. The molecule has 3 rings (SSSR count). The third kappa shape index (κ3) is 1.56. The molecule has 2 heterocycles. The molecule has 17 heavy (non-hydrogen) atoms. The molecule has 0 radical (unpaired) electrons. The molecule has 1 aromatic carbocycles. The van der Waals surface area contributed by atoms with E-state index < -0.39 is 0 Å². The number of fused-ring (bicyclic) bond motifs is 1. The van der Waals surface area contributed by atoms with Crippen molar-refractivity contribution >= 4 is 16.7 Å². The third-order valence-electron chi connectivity index (χ3n) is 2.86. The zero-order chi connectivity index (χ0) is 11.8. The summed E-state index contributed by atoms with van der Waals surface area (Å²) in [5.74, 6) is 0.786. The van der Waals surface area contributed by atoms with Gasteiger partial charge in [0.1, 0.15) is 11.3 Å². The molecule has 0 aliphatic carbocycles. The molecule has 0 atom stereocenters. The lowest BCUT2D eigenvalue weighted by Gasteiger charge is -1.99. The average Bonchev–Trinajstić information content (AvgIpc) is 2.75. The van der Waals surface area contributed by atoms with E-state index in [4.69, 9.17) is 10.2 Å². The van der Waals surface area contributed by atoms with Crippen molar-refractivity contribution in [3.63, 3.8) is 0 Å². The summed E-state index contributed by atoms with van der Waals surface area (Å²) in [7, 11) is 0. The number of nitrogens with two attached hydrogens (primary N) is 1. The van der Waals surface area contributed by atoms with Crippen LogP contribution in [0.3, 0.4) is 0 Å². The van der Waals surface area contributed by atoms with Gasteiger partial charge in [-0.15, -0.1) is 0 Å². The lowest BCUT2D eigenvalue weighted by molar-refractivity contribution is 0.629. The van der Waals surface area contributed by atoms with Crippen molar-refractivity contribution in [3.05, 3.63) is 48.3 Å². The quantitative estimate of drug-likeness (QED) is 0.689. The number of anilines is 1. The minimum absolute atomic E-state index is 0.629. The zero-order valence-corrected chi connectivity index (χ0v) is 9.47. The first-order chi connectivity index (χ1) is 8.25. The largest absolute Gasteiger partial charge is 0.456 e. The normalized spacial score (nSPS) is 10.9. The fourth-order valence-electron chi connectivity index (χ4n) is 1.97. The average molecular weight is 224 g/mol. The van der Waals surface area contributed by atoms with E-state index in [1.54, 1.807) is 12.4 Å². The van der Waals surface area contributed by atoms with E-state index in [1.165, 1.54) is 0 Å². The van der Waals surface area contributed by atoms with Gasteiger partial charge in [-0.25, -0.2) is 0 Å². The summed E-state index contributed by atoms with van der Waals surface area (Å²) >= 11 is 0. The zero-order valence-electron chi connectivity index (χ0n) is 9.47. The van der Waals surface area contributed by atoms with E-state index in [2.05, 4.69) is 4.98 Å². The summed E-state index contributed by atoms with van der Waals surface area (Å²) < 4.78 is 5.86. The smallest absolute Gasteiger partial charge is 0.137 e. The maximum absolute atomic E-state index is 5.89. The van der Waals surface area contributed by atoms with Gasteiger partial charge in [0.15, 0.2) is 0 Å². The van der Waals surface area contributed by atoms with Crippen LogP contribution in [0.15, 0.2) is 47.1 Å². The van der Waals surface area contributed by atoms with Crippen LogP contribution < -0.4 is 5.73 Å². The van der Waals surface area contributed by atoms with E-state index in [1.807, 2.05) is 37.3 Å². The van der Waals surface area contributed by atoms with Gasteiger partial charge in [0, 0.05) is 17.1 Å². The molecule has 0 unspecified atom stereocenters. The van der Waals surface area contributed by atoms with Crippen LogP contribution in [0.5, 0.6) is 0 Å². The first-order valence-electron chi connectivity index (χ1n) is 5.45. The molecule has 3 heteroatoms. The van der Waals surface area contributed by atoms with Gasteiger partial charge >= 0.3 is 0 Å². The van der Waals surface area contributed by atoms with Crippen LogP contribution in [0.1, 0.15) is 5.56 Å². The molecular formula is C14H12N2O. The number of hydrogen-bond donors (Lipinski definition) is 1. The molecule has 3 nitrogen and oxygen atoms in total. The van der Waals surface area contributed by atoms with Crippen LogP contribution in [0, 0.1) is 6.92 Å². The molecule has 0 spiro atoms. The molecule has 0 saturated carbocycles. The number of aryl methyl sites for hydroxylation is 1. The van der Waals surface area contributed by atoms with Gasteiger partial charge in [-0.05, 0) is 24.6 Å². The van der Waals surface area contributed by atoms with Gasteiger partial charge in [0.2, 0.25) is 0 Å². The van der Waals surface area contributed by atoms with Crippen molar-refractivity contribution in [1.29, 1.82) is 0 Å². The molecule has 0 saturated heterocycles. The SMILES string of the molecule is Cc1cccc2cc(-c3ccncc3N)oc12. The Hall–Kier alpha value is -2.29. The van der Waals surface area contributed by atoms with E-state index in [0.29, 0.717) is 5.69 Å². The molecule has 3 aromatic rings. The highest BCUT2D eigenvalue weighted by Gasteiger charge is 2.09. The van der Waals surface area contributed by atoms with Crippen molar-refractivity contribution in [3.8, 4) is 11.3 Å². The fourth-order valence-corrected chi connectivity index (χ4v) is 1.97. The first kappa shape index (κ1) is 9.90. The second kappa shape index (κ2) is 3.63. The highest BCUT2D eigenvalue weighted by Crippen LogP contribution is 2.31. The van der Waals surface area contributed by atoms with Crippen molar-refractivity contribution in [2.75, 3.05) is 5.73 Å². The number of para-hydroxylation sites is 1. The van der Waals surface area contributed by atoms with E-state index in [-0.39, 0.29) is 0 Å². The number of nitrogen functional groups attached to an aromatic ring is 1. The number of hydrogen-bond acceptors (Lipinski definition) is 3. The summed E-state index contributed by atoms with van der Waals surface area (Å²) in [6.45, 7) is 2.03. The number of nitrogens with zero attached hydrogens (tertiary/aromatic N) is 1. The van der Waals surface area contributed by atoms with Crippen molar-refractivity contribution in [1.82, 2.24) is 4.98 Å². The highest BCUT2D eigenvalue weighted by atomic mass is 16.3. The summed E-state index contributed by atoms with van der Waals surface area (Å²) in [4.78, 5) is 3.98. The minimum atomic E-state index is 0.629. The lowest BCUT2D eigenvalue weighted by atomic mass is 10.1. The standard InChI is InChI=1S/C14H12N2O/c1-9-3-2-4-10-7-13(17-14(9)10)11-5-6-16-8-12(11)15/h2-8H,15H2,1H3. The van der Waals surface area contributed by atoms with Crippen molar-refractivity contribution in [2.45, 2.75) is 6.92 Å². The Morgan fingerprint density at radius 1 is 1.24 bits per heavy atom. The maximum atomic E-state index is 5.89. The predicted molar refractivity (Wildman–Crippen MR) is 68.6 cm³/mol. The number of pyridine rings is 1. The molecular weight excluding hydrogens is 212 g/mol. The molecule has 2 N–H and O–H groups in total. The molecule has 0 fully saturated rings. The van der Waals surface area contributed by atoms with Crippen molar-refractivity contribution < 1.29 is 4.42 Å². The van der Waals surface area contributed by atoms with Gasteiger partial charge in [-0.3, -0.25) is 4.98 Å². The number of aromatic nitrogens is 1. The Morgan fingerprint density at radius 3 is 2.88 bits per heavy atom. The highest BCUT2D eigenvalue weighted by molar-refractivity contribution is 5.87. The Morgan fingerprint density at radius 2 is 2.12 bits per heavy atom. The molecule has 0 aliphatic rings. The van der Waals surface area contributed by atoms with Crippen LogP contribution in [0.4, 0.5) is 5.69 Å². The minimum Gasteiger partial charge on any atom is -0.456 e. The third-order valence-corrected chi connectivity index (χ3v) is 2.86. The summed E-state index contributed by atoms with van der Waals surface area (Å²) in [6.07, 6.45) is 3.35. The van der Waals surface area contributed by atoms with E-state index >= 15 is 0 Å². The van der Waals surface area contributed by atoms with Crippen molar-refractivity contribution in [2.24, 2.45) is 0 Å². The van der Waals surface area contributed by atoms with Gasteiger partial charge in [0.25, 0.3) is 0 Å². The van der Waals surface area contributed by atoms with Crippen LogP contribution in [-0.4, -0.2) is 4.98 Å². The van der Waals surface area contributed by atoms with Gasteiger partial charge in [-0.2, -0.15) is 0 Å². The Bertz CT molecular complexity index is 686. The fraction of sp³-hybridized carbons (Fsp3) is 0.0714. The van der Waals surface area contributed by atoms with Gasteiger partial charge in [0.05, 0.1) is 11.9 Å². The lowest BCUT2D eigenvalue weighted by Crippen LogP contribution is -1.89. The van der Waals surface area contributed by atoms with Crippen LogP contribution in [-0.2, 0) is 0 Å². The number of benzene rings is 1. The van der Waals surface area contributed by atoms with E-state index in [0.717, 1.165) is 27.9 Å². The molecule has 2 aromatic heterocycles. The van der Waals surface area contributed by atoms with E-state index in [9.17, 15) is 0 Å². The second-order valence-electron chi connectivity index (χ2n) is 4.07. The van der Waals surface area contributed by atoms with Crippen LogP contribution in [0.25, 0.3) is 22.3 Å². The molecule has 0 aliphatic heterocycles. The number of rotatable bonds is 1. The Balaban J connectivity index is 2.26. The molecule has 0 amide bonds. The van der Waals surface area contributed by atoms with Crippen LogP contribution in [0.2, 0.25) is 0 Å². The number of furan rings is 1. The summed E-state index contributed by atoms with van der Waals surface area (Å²) in [6, 6.07) is 9.96. The van der Waals surface area contributed by atoms with Gasteiger partial charge < -0.3 is 10.2 Å². The topological polar surface area (TPSA) is 52.0 Å². The monoisotopic (exact) mass is 224 g/mol. The predicted octanol–water partition coefficient (Wildman–Crippen LogP) is 3.39. The molecule has 0 bridgehead atoms. The summed E-state index contributed by atoms with van der Waals surface area (Å²) in [5, 5.41) is 1.09. The molecule has 84 valence electrons.